The monoisotopic (exact) mass is 246 g/mol. The van der Waals surface area contributed by atoms with Gasteiger partial charge < -0.3 is 10.6 Å². The van der Waals surface area contributed by atoms with Gasteiger partial charge in [-0.15, -0.1) is 0 Å². The molecule has 1 saturated carbocycles. The Morgan fingerprint density at radius 2 is 2.00 bits per heavy atom. The van der Waals surface area contributed by atoms with Crippen LogP contribution in [0.15, 0.2) is 12.4 Å². The summed E-state index contributed by atoms with van der Waals surface area (Å²) in [6, 6.07) is 2.68. The van der Waals surface area contributed by atoms with Gasteiger partial charge in [0.1, 0.15) is 12.1 Å². The van der Waals surface area contributed by atoms with Gasteiger partial charge in [-0.05, 0) is 32.2 Å². The summed E-state index contributed by atoms with van der Waals surface area (Å²) < 4.78 is 0. The van der Waals surface area contributed by atoms with E-state index in [2.05, 4.69) is 26.7 Å². The molecule has 1 aromatic heterocycles. The molecule has 4 heteroatoms. The van der Waals surface area contributed by atoms with Crippen molar-refractivity contribution in [3.8, 4) is 0 Å². The minimum absolute atomic E-state index is 0.519. The van der Waals surface area contributed by atoms with Crippen molar-refractivity contribution in [3.63, 3.8) is 0 Å². The number of nitrogens with one attached hydrogen (secondary N) is 2. The van der Waals surface area contributed by atoms with Gasteiger partial charge in [-0.25, -0.2) is 9.97 Å². The molecule has 1 aliphatic carbocycles. The summed E-state index contributed by atoms with van der Waals surface area (Å²) in [5.74, 6) is 1.67. The molecule has 2 aliphatic rings. The number of rotatable bonds is 3. The quantitative estimate of drug-likeness (QED) is 0.859. The van der Waals surface area contributed by atoms with E-state index in [9.17, 15) is 0 Å². The molecule has 0 spiro atoms. The van der Waals surface area contributed by atoms with E-state index in [0.717, 1.165) is 18.9 Å². The largest absolute Gasteiger partial charge is 0.366 e. The maximum absolute atomic E-state index is 4.45. The Kier molecular flexibility index (Phi) is 3.74. The van der Waals surface area contributed by atoms with Crippen LogP contribution in [0.2, 0.25) is 0 Å². The third kappa shape index (κ3) is 2.80. The van der Waals surface area contributed by atoms with E-state index in [0.29, 0.717) is 12.0 Å². The molecule has 2 fully saturated rings. The molecule has 98 valence electrons. The van der Waals surface area contributed by atoms with Gasteiger partial charge in [0, 0.05) is 30.3 Å². The molecule has 1 unspecified atom stereocenters. The molecule has 0 bridgehead atoms. The molecule has 1 aromatic rings. The molecular weight excluding hydrogens is 224 g/mol. The van der Waals surface area contributed by atoms with Crippen LogP contribution in [0.5, 0.6) is 0 Å². The number of aromatic nitrogens is 2. The minimum Gasteiger partial charge on any atom is -0.366 e. The first-order valence-electron chi connectivity index (χ1n) is 7.21. The van der Waals surface area contributed by atoms with Gasteiger partial charge in [0.05, 0.1) is 0 Å². The molecule has 0 radical (unpaired) electrons. The van der Waals surface area contributed by atoms with E-state index in [1.807, 2.05) is 0 Å². The lowest BCUT2D eigenvalue weighted by atomic mass is 10.0. The second kappa shape index (κ2) is 5.65. The SMILES string of the molecule is c1nc(NC2CCCNC2)cc(C2CCCC2)n1. The molecule has 18 heavy (non-hydrogen) atoms. The van der Waals surface area contributed by atoms with Crippen LogP contribution >= 0.6 is 0 Å². The van der Waals surface area contributed by atoms with Crippen LogP contribution in [0.1, 0.15) is 50.1 Å². The third-order valence-corrected chi connectivity index (χ3v) is 4.11. The Morgan fingerprint density at radius 3 is 2.78 bits per heavy atom. The Balaban J connectivity index is 1.66. The molecule has 2 heterocycles. The van der Waals surface area contributed by atoms with Crippen molar-refractivity contribution in [1.82, 2.24) is 15.3 Å². The van der Waals surface area contributed by atoms with E-state index in [1.54, 1.807) is 6.33 Å². The molecular formula is C14H22N4. The van der Waals surface area contributed by atoms with Crippen LogP contribution in [-0.4, -0.2) is 29.1 Å². The highest BCUT2D eigenvalue weighted by Crippen LogP contribution is 2.33. The Hall–Kier alpha value is -1.16. The molecule has 4 nitrogen and oxygen atoms in total. The maximum atomic E-state index is 4.45. The number of hydrogen-bond donors (Lipinski definition) is 2. The first-order valence-corrected chi connectivity index (χ1v) is 7.21. The van der Waals surface area contributed by atoms with Gasteiger partial charge in [0.25, 0.3) is 0 Å². The van der Waals surface area contributed by atoms with Gasteiger partial charge >= 0.3 is 0 Å². The lowest BCUT2D eigenvalue weighted by Crippen LogP contribution is -2.38. The summed E-state index contributed by atoms with van der Waals surface area (Å²) in [4.78, 5) is 8.80. The zero-order valence-electron chi connectivity index (χ0n) is 10.9. The lowest BCUT2D eigenvalue weighted by molar-refractivity contribution is 0.479. The summed E-state index contributed by atoms with van der Waals surface area (Å²) in [6.07, 6.45) is 9.48. The van der Waals surface area contributed by atoms with Crippen LogP contribution in [0.3, 0.4) is 0 Å². The van der Waals surface area contributed by atoms with Crippen molar-refractivity contribution >= 4 is 5.82 Å². The predicted octanol–water partition coefficient (Wildman–Crippen LogP) is 2.30. The zero-order valence-corrected chi connectivity index (χ0v) is 10.9. The fourth-order valence-corrected chi connectivity index (χ4v) is 3.08. The standard InChI is InChI=1S/C14H22N4/c1-2-5-11(4-1)13-8-14(17-10-16-13)18-12-6-3-7-15-9-12/h8,10-12,15H,1-7,9H2,(H,16,17,18). The number of piperidine rings is 1. The topological polar surface area (TPSA) is 49.8 Å². The van der Waals surface area contributed by atoms with Crippen LogP contribution < -0.4 is 10.6 Å². The van der Waals surface area contributed by atoms with Crippen molar-refractivity contribution in [3.05, 3.63) is 18.1 Å². The molecule has 0 amide bonds. The summed E-state index contributed by atoms with van der Waals surface area (Å²) in [6.45, 7) is 2.19. The smallest absolute Gasteiger partial charge is 0.129 e. The summed E-state index contributed by atoms with van der Waals surface area (Å²) in [5.41, 5.74) is 1.23. The average molecular weight is 246 g/mol. The third-order valence-electron chi connectivity index (χ3n) is 4.11. The van der Waals surface area contributed by atoms with Gasteiger partial charge in [-0.3, -0.25) is 0 Å². The normalized spacial score (nSPS) is 25.2. The van der Waals surface area contributed by atoms with Crippen molar-refractivity contribution in [1.29, 1.82) is 0 Å². The number of nitrogens with zero attached hydrogens (tertiary/aromatic N) is 2. The van der Waals surface area contributed by atoms with Crippen molar-refractivity contribution in [2.24, 2.45) is 0 Å². The van der Waals surface area contributed by atoms with E-state index in [1.165, 1.54) is 44.2 Å². The van der Waals surface area contributed by atoms with E-state index in [-0.39, 0.29) is 0 Å². The van der Waals surface area contributed by atoms with Crippen molar-refractivity contribution in [2.75, 3.05) is 18.4 Å². The number of anilines is 1. The van der Waals surface area contributed by atoms with Gasteiger partial charge in [-0.1, -0.05) is 12.8 Å². The maximum Gasteiger partial charge on any atom is 0.129 e. The van der Waals surface area contributed by atoms with Crippen LogP contribution in [0.25, 0.3) is 0 Å². The van der Waals surface area contributed by atoms with E-state index in [4.69, 9.17) is 0 Å². The Labute approximate surface area is 109 Å². The second-order valence-corrected chi connectivity index (χ2v) is 5.50. The fraction of sp³-hybridized carbons (Fsp3) is 0.714. The van der Waals surface area contributed by atoms with Crippen molar-refractivity contribution in [2.45, 2.75) is 50.5 Å². The minimum atomic E-state index is 0.519. The fourth-order valence-electron chi connectivity index (χ4n) is 3.08. The van der Waals surface area contributed by atoms with Gasteiger partial charge in [-0.2, -0.15) is 0 Å². The summed E-state index contributed by atoms with van der Waals surface area (Å²) in [5, 5.41) is 6.95. The van der Waals surface area contributed by atoms with Crippen LogP contribution in [0, 0.1) is 0 Å². The Bertz CT molecular complexity index is 381. The highest BCUT2D eigenvalue weighted by atomic mass is 15.1. The molecule has 1 aliphatic heterocycles. The number of hydrogen-bond acceptors (Lipinski definition) is 4. The second-order valence-electron chi connectivity index (χ2n) is 5.50. The van der Waals surface area contributed by atoms with Crippen molar-refractivity contribution < 1.29 is 0 Å². The van der Waals surface area contributed by atoms with Crippen LogP contribution in [-0.2, 0) is 0 Å². The molecule has 1 saturated heterocycles. The van der Waals surface area contributed by atoms with Crippen LogP contribution in [0.4, 0.5) is 5.82 Å². The lowest BCUT2D eigenvalue weighted by Gasteiger charge is -2.24. The van der Waals surface area contributed by atoms with Gasteiger partial charge in [0.2, 0.25) is 0 Å². The predicted molar refractivity (Wildman–Crippen MR) is 72.8 cm³/mol. The molecule has 2 N–H and O–H groups in total. The average Bonchev–Trinajstić information content (AvgIpc) is 2.94. The summed E-state index contributed by atoms with van der Waals surface area (Å²) >= 11 is 0. The highest BCUT2D eigenvalue weighted by molar-refractivity contribution is 5.37. The van der Waals surface area contributed by atoms with Gasteiger partial charge in [0.15, 0.2) is 0 Å². The molecule has 3 rings (SSSR count). The van der Waals surface area contributed by atoms with E-state index < -0.39 is 0 Å². The molecule has 0 aromatic carbocycles. The van der Waals surface area contributed by atoms with E-state index >= 15 is 0 Å². The highest BCUT2D eigenvalue weighted by Gasteiger charge is 2.19. The first kappa shape index (κ1) is 11.9. The Morgan fingerprint density at radius 1 is 1.11 bits per heavy atom. The summed E-state index contributed by atoms with van der Waals surface area (Å²) in [7, 11) is 0. The molecule has 1 atom stereocenters. The zero-order chi connectivity index (χ0) is 12.2. The first-order chi connectivity index (χ1) is 8.92.